The van der Waals surface area contributed by atoms with Crippen molar-refractivity contribution in [3.05, 3.63) is 46.9 Å². The van der Waals surface area contributed by atoms with Gasteiger partial charge in [-0.05, 0) is 31.5 Å². The van der Waals surface area contributed by atoms with Crippen molar-refractivity contribution in [3.63, 3.8) is 0 Å². The van der Waals surface area contributed by atoms with Gasteiger partial charge in [0.25, 0.3) is 0 Å². The Bertz CT molecular complexity index is 778. The van der Waals surface area contributed by atoms with Gasteiger partial charge < -0.3 is 15.9 Å². The molecule has 0 aliphatic heterocycles. The fraction of sp³-hybridized carbons (Fsp3) is 0.200. The quantitative estimate of drug-likeness (QED) is 0.806. The summed E-state index contributed by atoms with van der Waals surface area (Å²) >= 11 is 0. The van der Waals surface area contributed by atoms with E-state index in [1.54, 1.807) is 0 Å². The Morgan fingerprint density at radius 1 is 1.13 bits per heavy atom. The van der Waals surface area contributed by atoms with Crippen LogP contribution in [-0.4, -0.2) is 21.2 Å². The molecule has 4 N–H and O–H groups in total. The molecule has 0 saturated carbocycles. The third-order valence-electron chi connectivity index (χ3n) is 3.19. The first kappa shape index (κ1) is 16.8. The van der Waals surface area contributed by atoms with Crippen LogP contribution in [0, 0.1) is 17.5 Å². The summed E-state index contributed by atoms with van der Waals surface area (Å²) < 4.78 is 42.4. The van der Waals surface area contributed by atoms with E-state index in [0.29, 0.717) is 6.07 Å². The van der Waals surface area contributed by atoms with Crippen molar-refractivity contribution in [2.75, 3.05) is 5.73 Å². The molecule has 1 aromatic heterocycles. The molecular formula is C15H13F3N2O3. The fourth-order valence-corrected chi connectivity index (χ4v) is 2.00. The van der Waals surface area contributed by atoms with Crippen LogP contribution in [0.4, 0.5) is 18.9 Å². The predicted octanol–water partition coefficient (Wildman–Crippen LogP) is 2.67. The molecule has 0 aliphatic rings. The molecule has 2 rings (SSSR count). The average Bonchev–Trinajstić information content (AvgIpc) is 2.38. The van der Waals surface area contributed by atoms with Crippen molar-refractivity contribution in [2.45, 2.75) is 19.4 Å². The minimum atomic E-state index is -1.56. The van der Waals surface area contributed by atoms with Crippen LogP contribution in [0.2, 0.25) is 0 Å². The molecule has 2 aromatic rings. The van der Waals surface area contributed by atoms with E-state index in [9.17, 15) is 23.1 Å². The summed E-state index contributed by atoms with van der Waals surface area (Å²) in [6.07, 6.45) is 0. The van der Waals surface area contributed by atoms with E-state index in [2.05, 4.69) is 4.98 Å². The van der Waals surface area contributed by atoms with E-state index >= 15 is 0 Å². The third-order valence-corrected chi connectivity index (χ3v) is 3.19. The average molecular weight is 326 g/mol. The van der Waals surface area contributed by atoms with Crippen LogP contribution in [0.5, 0.6) is 0 Å². The van der Waals surface area contributed by atoms with E-state index in [4.69, 9.17) is 10.8 Å². The lowest BCUT2D eigenvalue weighted by Crippen LogP contribution is -2.17. The zero-order valence-corrected chi connectivity index (χ0v) is 12.2. The molecule has 1 aromatic carbocycles. The van der Waals surface area contributed by atoms with Gasteiger partial charge in [0.05, 0.1) is 16.9 Å². The highest BCUT2D eigenvalue weighted by Crippen LogP contribution is 2.32. The second-order valence-electron chi connectivity index (χ2n) is 5.44. The number of carbonyl (C=O) groups is 1. The monoisotopic (exact) mass is 326 g/mol. The molecule has 0 saturated heterocycles. The van der Waals surface area contributed by atoms with Crippen molar-refractivity contribution >= 4 is 11.7 Å². The van der Waals surface area contributed by atoms with Crippen LogP contribution >= 0.6 is 0 Å². The lowest BCUT2D eigenvalue weighted by Gasteiger charge is -2.19. The number of hydrogen-bond acceptors (Lipinski definition) is 4. The second kappa shape index (κ2) is 5.54. The summed E-state index contributed by atoms with van der Waals surface area (Å²) in [5.41, 5.74) is 0.917. The smallest absolute Gasteiger partial charge is 0.356 e. The first-order chi connectivity index (χ1) is 10.5. The van der Waals surface area contributed by atoms with Gasteiger partial charge in [-0.2, -0.15) is 0 Å². The summed E-state index contributed by atoms with van der Waals surface area (Å²) in [5.74, 6) is -5.09. The Kier molecular flexibility index (Phi) is 4.04. The van der Waals surface area contributed by atoms with Crippen LogP contribution in [0.1, 0.15) is 29.9 Å². The molecule has 5 nitrogen and oxygen atoms in total. The van der Waals surface area contributed by atoms with Gasteiger partial charge in [-0.1, -0.05) is 0 Å². The largest absolute Gasteiger partial charge is 0.476 e. The first-order valence-corrected chi connectivity index (χ1v) is 6.44. The SMILES string of the molecule is CC(C)(O)c1cc(F)c(-c2nc(C(=O)O)c(N)cc2F)c(F)c1. The van der Waals surface area contributed by atoms with Gasteiger partial charge in [-0.3, -0.25) is 0 Å². The van der Waals surface area contributed by atoms with Crippen molar-refractivity contribution in [1.29, 1.82) is 0 Å². The third kappa shape index (κ3) is 3.11. The Morgan fingerprint density at radius 3 is 2.09 bits per heavy atom. The number of carboxylic acids is 1. The summed E-state index contributed by atoms with van der Waals surface area (Å²) in [5, 5.41) is 18.7. The van der Waals surface area contributed by atoms with Crippen LogP contribution in [0.3, 0.4) is 0 Å². The van der Waals surface area contributed by atoms with Gasteiger partial charge in [-0.15, -0.1) is 0 Å². The Balaban J connectivity index is 2.73. The maximum Gasteiger partial charge on any atom is 0.356 e. The number of nitrogens with zero attached hydrogens (tertiary/aromatic N) is 1. The molecule has 122 valence electrons. The second-order valence-corrected chi connectivity index (χ2v) is 5.44. The number of carboxylic acid groups (broad SMARTS) is 1. The number of aromatic carboxylic acids is 1. The van der Waals surface area contributed by atoms with Crippen LogP contribution < -0.4 is 5.73 Å². The minimum absolute atomic E-state index is 0.0643. The summed E-state index contributed by atoms with van der Waals surface area (Å²) in [7, 11) is 0. The molecular weight excluding hydrogens is 313 g/mol. The molecule has 0 amide bonds. The van der Waals surface area contributed by atoms with Gasteiger partial charge in [0.1, 0.15) is 17.3 Å². The van der Waals surface area contributed by atoms with Crippen LogP contribution in [0.25, 0.3) is 11.3 Å². The zero-order chi connectivity index (χ0) is 17.5. The molecule has 0 aliphatic carbocycles. The number of anilines is 1. The number of nitrogen functional groups attached to an aromatic ring is 1. The van der Waals surface area contributed by atoms with E-state index in [1.165, 1.54) is 13.8 Å². The van der Waals surface area contributed by atoms with Crippen LogP contribution in [0.15, 0.2) is 18.2 Å². The van der Waals surface area contributed by atoms with Gasteiger partial charge in [0.2, 0.25) is 0 Å². The van der Waals surface area contributed by atoms with E-state index < -0.39 is 51.7 Å². The number of halogens is 3. The number of pyridine rings is 1. The number of nitrogens with two attached hydrogens (primary N) is 1. The van der Waals surface area contributed by atoms with Crippen molar-refractivity contribution < 1.29 is 28.2 Å². The Morgan fingerprint density at radius 2 is 1.65 bits per heavy atom. The van der Waals surface area contributed by atoms with E-state index in [0.717, 1.165) is 12.1 Å². The highest BCUT2D eigenvalue weighted by atomic mass is 19.1. The number of aromatic nitrogens is 1. The molecule has 0 radical (unpaired) electrons. The predicted molar refractivity (Wildman–Crippen MR) is 76.2 cm³/mol. The van der Waals surface area contributed by atoms with Gasteiger partial charge >= 0.3 is 5.97 Å². The van der Waals surface area contributed by atoms with E-state index in [1.807, 2.05) is 0 Å². The van der Waals surface area contributed by atoms with Gasteiger partial charge in [0.15, 0.2) is 11.5 Å². The molecule has 0 unspecified atom stereocenters. The molecule has 0 fully saturated rings. The Labute approximate surface area is 129 Å². The number of benzene rings is 1. The van der Waals surface area contributed by atoms with Crippen molar-refractivity contribution in [3.8, 4) is 11.3 Å². The van der Waals surface area contributed by atoms with Gasteiger partial charge in [-0.25, -0.2) is 22.9 Å². The number of aliphatic hydroxyl groups is 1. The standard InChI is InChI=1S/C15H13F3N2O3/c1-15(2,23)6-3-7(16)11(8(17)4-6)12-9(18)5-10(19)13(20-12)14(21)22/h3-5,23H,19H2,1-2H3,(H,21,22). The Hall–Kier alpha value is -2.61. The highest BCUT2D eigenvalue weighted by Gasteiger charge is 2.25. The fourth-order valence-electron chi connectivity index (χ4n) is 2.00. The molecule has 0 atom stereocenters. The van der Waals surface area contributed by atoms with Gasteiger partial charge in [0, 0.05) is 6.07 Å². The summed E-state index contributed by atoms with van der Waals surface area (Å²) in [6, 6.07) is 2.29. The number of rotatable bonds is 3. The normalized spacial score (nSPS) is 11.6. The maximum atomic E-state index is 14.2. The molecule has 23 heavy (non-hydrogen) atoms. The minimum Gasteiger partial charge on any atom is -0.476 e. The number of hydrogen-bond donors (Lipinski definition) is 3. The molecule has 1 heterocycles. The van der Waals surface area contributed by atoms with Crippen molar-refractivity contribution in [2.24, 2.45) is 0 Å². The summed E-state index contributed by atoms with van der Waals surface area (Å²) in [4.78, 5) is 14.4. The first-order valence-electron chi connectivity index (χ1n) is 6.44. The van der Waals surface area contributed by atoms with Crippen LogP contribution in [-0.2, 0) is 5.60 Å². The maximum absolute atomic E-state index is 14.2. The zero-order valence-electron chi connectivity index (χ0n) is 12.2. The highest BCUT2D eigenvalue weighted by molar-refractivity contribution is 5.92. The lowest BCUT2D eigenvalue weighted by atomic mass is 9.95. The lowest BCUT2D eigenvalue weighted by molar-refractivity contribution is 0.0691. The van der Waals surface area contributed by atoms with E-state index in [-0.39, 0.29) is 5.56 Å². The molecule has 0 bridgehead atoms. The molecule has 0 spiro atoms. The van der Waals surface area contributed by atoms with Crippen molar-refractivity contribution in [1.82, 2.24) is 4.98 Å². The molecule has 8 heteroatoms. The summed E-state index contributed by atoms with van der Waals surface area (Å²) in [6.45, 7) is 2.65. The topological polar surface area (TPSA) is 96.4 Å².